The van der Waals surface area contributed by atoms with E-state index in [1.165, 1.54) is 16.8 Å². The van der Waals surface area contributed by atoms with Crippen LogP contribution in [0, 0.1) is 0 Å². The van der Waals surface area contributed by atoms with Gasteiger partial charge in [0.05, 0.1) is 0 Å². The van der Waals surface area contributed by atoms with Crippen LogP contribution in [-0.2, 0) is 13.1 Å². The molecular weight excluding hydrogens is 184 g/mol. The maximum Gasteiger partial charge on any atom is 0.0345 e. The summed E-state index contributed by atoms with van der Waals surface area (Å²) in [5.74, 6) is 0. The Balaban J connectivity index is 2.15. The lowest BCUT2D eigenvalue weighted by Crippen LogP contribution is -2.14. The second-order valence-corrected chi connectivity index (χ2v) is 4.59. The Morgan fingerprint density at radius 2 is 2.00 bits per heavy atom. The number of nitrogens with zero attached hydrogens (tertiary/aromatic N) is 1. The number of rotatable bonds is 3. The minimum atomic E-state index is 0.506. The van der Waals surface area contributed by atoms with E-state index in [0.717, 1.165) is 19.6 Å². The molecule has 0 radical (unpaired) electrons. The molecule has 1 aliphatic rings. The summed E-state index contributed by atoms with van der Waals surface area (Å²) in [6.07, 6.45) is 0. The predicted octanol–water partition coefficient (Wildman–Crippen LogP) is 2.84. The zero-order valence-electron chi connectivity index (χ0n) is 9.88. The summed E-state index contributed by atoms with van der Waals surface area (Å²) in [7, 11) is 0. The van der Waals surface area contributed by atoms with Crippen molar-refractivity contribution in [3.8, 4) is 0 Å². The van der Waals surface area contributed by atoms with Gasteiger partial charge in [0.15, 0.2) is 0 Å². The fourth-order valence-electron chi connectivity index (χ4n) is 2.11. The van der Waals surface area contributed by atoms with Crippen LogP contribution in [0.15, 0.2) is 18.2 Å². The SMILES string of the molecule is CCN1Cc2ccc(NC(C)C)cc2C1. The summed E-state index contributed by atoms with van der Waals surface area (Å²) in [5.41, 5.74) is 4.23. The van der Waals surface area contributed by atoms with Gasteiger partial charge in [0.2, 0.25) is 0 Å². The molecule has 1 N–H and O–H groups in total. The van der Waals surface area contributed by atoms with Crippen molar-refractivity contribution in [1.29, 1.82) is 0 Å². The minimum absolute atomic E-state index is 0.506. The van der Waals surface area contributed by atoms with Crippen LogP contribution in [0.25, 0.3) is 0 Å². The van der Waals surface area contributed by atoms with Gasteiger partial charge in [-0.3, -0.25) is 4.90 Å². The highest BCUT2D eigenvalue weighted by Gasteiger charge is 2.17. The Morgan fingerprint density at radius 1 is 1.27 bits per heavy atom. The molecule has 15 heavy (non-hydrogen) atoms. The van der Waals surface area contributed by atoms with Gasteiger partial charge in [-0.05, 0) is 43.7 Å². The van der Waals surface area contributed by atoms with E-state index in [2.05, 4.69) is 49.2 Å². The number of nitrogens with one attached hydrogen (secondary N) is 1. The van der Waals surface area contributed by atoms with E-state index >= 15 is 0 Å². The Kier molecular flexibility index (Phi) is 2.96. The lowest BCUT2D eigenvalue weighted by atomic mass is 10.1. The summed E-state index contributed by atoms with van der Waals surface area (Å²) >= 11 is 0. The van der Waals surface area contributed by atoms with Crippen LogP contribution in [0.2, 0.25) is 0 Å². The summed E-state index contributed by atoms with van der Waals surface area (Å²) < 4.78 is 0. The van der Waals surface area contributed by atoms with Crippen molar-refractivity contribution >= 4 is 5.69 Å². The Hall–Kier alpha value is -1.02. The van der Waals surface area contributed by atoms with Gasteiger partial charge in [-0.2, -0.15) is 0 Å². The molecule has 0 aliphatic carbocycles. The molecule has 0 spiro atoms. The van der Waals surface area contributed by atoms with Crippen molar-refractivity contribution in [2.24, 2.45) is 0 Å². The molecule has 0 amide bonds. The molecule has 0 aromatic heterocycles. The van der Waals surface area contributed by atoms with Crippen LogP contribution in [0.1, 0.15) is 31.9 Å². The molecule has 1 aliphatic heterocycles. The molecule has 1 heterocycles. The van der Waals surface area contributed by atoms with Gasteiger partial charge in [0.1, 0.15) is 0 Å². The topological polar surface area (TPSA) is 15.3 Å². The first-order valence-corrected chi connectivity index (χ1v) is 5.79. The fourth-order valence-corrected chi connectivity index (χ4v) is 2.11. The molecule has 0 atom stereocenters. The van der Waals surface area contributed by atoms with Gasteiger partial charge in [0, 0.05) is 24.8 Å². The van der Waals surface area contributed by atoms with Gasteiger partial charge in [-0.25, -0.2) is 0 Å². The first kappa shape index (κ1) is 10.5. The maximum absolute atomic E-state index is 3.45. The number of fused-ring (bicyclic) bond motifs is 1. The Morgan fingerprint density at radius 3 is 2.67 bits per heavy atom. The average Bonchev–Trinajstić information content (AvgIpc) is 2.58. The van der Waals surface area contributed by atoms with Gasteiger partial charge >= 0.3 is 0 Å². The Bertz CT molecular complexity index is 344. The van der Waals surface area contributed by atoms with E-state index in [0.29, 0.717) is 6.04 Å². The molecule has 82 valence electrons. The van der Waals surface area contributed by atoms with E-state index in [9.17, 15) is 0 Å². The van der Waals surface area contributed by atoms with Crippen molar-refractivity contribution in [2.75, 3.05) is 11.9 Å². The van der Waals surface area contributed by atoms with Crippen LogP contribution < -0.4 is 5.32 Å². The van der Waals surface area contributed by atoms with Crippen molar-refractivity contribution in [1.82, 2.24) is 4.90 Å². The van der Waals surface area contributed by atoms with Crippen LogP contribution in [0.3, 0.4) is 0 Å². The summed E-state index contributed by atoms with van der Waals surface area (Å²) in [6.45, 7) is 9.94. The summed E-state index contributed by atoms with van der Waals surface area (Å²) in [4.78, 5) is 2.46. The van der Waals surface area contributed by atoms with Crippen molar-refractivity contribution in [2.45, 2.75) is 39.9 Å². The normalized spacial score (nSPS) is 15.7. The van der Waals surface area contributed by atoms with E-state index in [1.807, 2.05) is 0 Å². The lowest BCUT2D eigenvalue weighted by Gasteiger charge is -2.11. The van der Waals surface area contributed by atoms with E-state index in [1.54, 1.807) is 0 Å². The summed E-state index contributed by atoms with van der Waals surface area (Å²) in [6, 6.07) is 7.25. The second kappa shape index (κ2) is 4.23. The molecule has 2 nitrogen and oxygen atoms in total. The van der Waals surface area contributed by atoms with Gasteiger partial charge < -0.3 is 5.32 Å². The zero-order valence-corrected chi connectivity index (χ0v) is 9.88. The largest absolute Gasteiger partial charge is 0.383 e. The molecule has 0 fully saturated rings. The molecule has 0 saturated heterocycles. The third-order valence-electron chi connectivity index (χ3n) is 2.90. The van der Waals surface area contributed by atoms with Crippen LogP contribution in [0.5, 0.6) is 0 Å². The van der Waals surface area contributed by atoms with Crippen LogP contribution >= 0.6 is 0 Å². The van der Waals surface area contributed by atoms with Crippen LogP contribution in [0.4, 0.5) is 5.69 Å². The molecule has 2 heteroatoms. The predicted molar refractivity (Wildman–Crippen MR) is 65.0 cm³/mol. The fraction of sp³-hybridized carbons (Fsp3) is 0.538. The molecule has 1 aromatic rings. The van der Waals surface area contributed by atoms with Gasteiger partial charge in [0.25, 0.3) is 0 Å². The number of hydrogen-bond acceptors (Lipinski definition) is 2. The minimum Gasteiger partial charge on any atom is -0.383 e. The van der Waals surface area contributed by atoms with E-state index < -0.39 is 0 Å². The number of hydrogen-bond donors (Lipinski definition) is 1. The van der Waals surface area contributed by atoms with Crippen molar-refractivity contribution < 1.29 is 0 Å². The highest BCUT2D eigenvalue weighted by Crippen LogP contribution is 2.25. The summed E-state index contributed by atoms with van der Waals surface area (Å²) in [5, 5.41) is 3.45. The molecule has 1 aromatic carbocycles. The molecule has 0 saturated carbocycles. The standard InChI is InChI=1S/C13H20N2/c1-4-15-8-11-5-6-13(14-10(2)3)7-12(11)9-15/h5-7,10,14H,4,8-9H2,1-3H3. The first-order chi connectivity index (χ1) is 7.19. The maximum atomic E-state index is 3.45. The monoisotopic (exact) mass is 204 g/mol. The molecule has 2 rings (SSSR count). The quantitative estimate of drug-likeness (QED) is 0.814. The highest BCUT2D eigenvalue weighted by atomic mass is 15.1. The second-order valence-electron chi connectivity index (χ2n) is 4.59. The van der Waals surface area contributed by atoms with E-state index in [-0.39, 0.29) is 0 Å². The first-order valence-electron chi connectivity index (χ1n) is 5.79. The third kappa shape index (κ3) is 2.32. The highest BCUT2D eigenvalue weighted by molar-refractivity contribution is 5.50. The average molecular weight is 204 g/mol. The molecule has 0 unspecified atom stereocenters. The molecule has 0 bridgehead atoms. The van der Waals surface area contributed by atoms with E-state index in [4.69, 9.17) is 0 Å². The Labute approximate surface area is 92.3 Å². The van der Waals surface area contributed by atoms with Crippen LogP contribution in [-0.4, -0.2) is 17.5 Å². The number of anilines is 1. The third-order valence-corrected chi connectivity index (χ3v) is 2.90. The van der Waals surface area contributed by atoms with Gasteiger partial charge in [-0.15, -0.1) is 0 Å². The van der Waals surface area contributed by atoms with Crippen molar-refractivity contribution in [3.05, 3.63) is 29.3 Å². The number of benzene rings is 1. The van der Waals surface area contributed by atoms with Gasteiger partial charge in [-0.1, -0.05) is 13.0 Å². The van der Waals surface area contributed by atoms with Crippen molar-refractivity contribution in [3.63, 3.8) is 0 Å². The smallest absolute Gasteiger partial charge is 0.0345 e. The molecular formula is C13H20N2. The zero-order chi connectivity index (χ0) is 10.8. The lowest BCUT2D eigenvalue weighted by molar-refractivity contribution is 0.301.